The lowest BCUT2D eigenvalue weighted by Crippen LogP contribution is -2.19. The van der Waals surface area contributed by atoms with Crippen molar-refractivity contribution in [2.24, 2.45) is 0 Å². The normalized spacial score (nSPS) is 12.3. The Labute approximate surface area is 158 Å². The van der Waals surface area contributed by atoms with E-state index >= 15 is 0 Å². The molecule has 0 radical (unpaired) electrons. The molecular weight excluding hydrogens is 346 g/mol. The zero-order valence-corrected chi connectivity index (χ0v) is 14.8. The van der Waals surface area contributed by atoms with E-state index < -0.39 is 0 Å². The van der Waals surface area contributed by atoms with Crippen molar-refractivity contribution in [3.05, 3.63) is 79.1 Å². The molecule has 5 heterocycles. The first kappa shape index (κ1) is 14.1. The molecule has 0 saturated heterocycles. The van der Waals surface area contributed by atoms with Gasteiger partial charge in [0.25, 0.3) is 0 Å². The first-order chi connectivity index (χ1) is 13.9. The summed E-state index contributed by atoms with van der Waals surface area (Å²) in [7, 11) is 0. The van der Waals surface area contributed by atoms with Gasteiger partial charge in [-0.15, -0.1) is 0 Å². The molecule has 0 aliphatic carbocycles. The second kappa shape index (κ2) is 4.84. The van der Waals surface area contributed by atoms with Crippen LogP contribution in [0.4, 0.5) is 0 Å². The zero-order chi connectivity index (χ0) is 18.2. The number of imidazole rings is 2. The second-order valence-electron chi connectivity index (χ2n) is 7.14. The molecule has 28 heavy (non-hydrogen) atoms. The van der Waals surface area contributed by atoms with Gasteiger partial charge in [-0.2, -0.15) is 4.40 Å². The fraction of sp³-hybridized carbons (Fsp3) is 0. The molecule has 0 bridgehead atoms. The lowest BCUT2D eigenvalue weighted by Gasteiger charge is -2.04. The molecule has 0 atom stereocenters. The van der Waals surface area contributed by atoms with E-state index in [0.717, 1.165) is 55.2 Å². The number of pyridine rings is 3. The summed E-state index contributed by atoms with van der Waals surface area (Å²) in [5.74, 6) is 0. The van der Waals surface area contributed by atoms with E-state index in [1.54, 1.807) is 0 Å². The minimum Gasteiger partial charge on any atom is -0.354 e. The molecule has 0 fully saturated rings. The summed E-state index contributed by atoms with van der Waals surface area (Å²) in [5.41, 5.74) is 8.27. The van der Waals surface area contributed by atoms with Crippen LogP contribution in [0.1, 0.15) is 0 Å². The number of rotatable bonds is 0. The van der Waals surface area contributed by atoms with Crippen LogP contribution in [0.2, 0.25) is 0 Å². The van der Waals surface area contributed by atoms with E-state index in [0.29, 0.717) is 0 Å². The van der Waals surface area contributed by atoms with E-state index in [2.05, 4.69) is 68.6 Å². The van der Waals surface area contributed by atoms with Crippen molar-refractivity contribution in [2.75, 3.05) is 0 Å². The summed E-state index contributed by atoms with van der Waals surface area (Å²) < 4.78 is 4.30. The van der Waals surface area contributed by atoms with Gasteiger partial charge in [0.05, 0.1) is 33.6 Å². The first-order valence-corrected chi connectivity index (χ1v) is 9.28. The van der Waals surface area contributed by atoms with Crippen molar-refractivity contribution >= 4 is 55.2 Å². The van der Waals surface area contributed by atoms with Gasteiger partial charge in [0, 0.05) is 17.6 Å². The molecule has 0 aliphatic rings. The SMILES string of the molecule is c1ccc2c(c1)nc1c3cc4c(cc[n+]5c6ccccc6nc45)[nH]c3ccn21. The number of hydrogen-bond donors (Lipinski definition) is 1. The van der Waals surface area contributed by atoms with Gasteiger partial charge < -0.3 is 4.98 Å². The topological polar surface area (TPSA) is 50.1 Å². The maximum atomic E-state index is 4.89. The summed E-state index contributed by atoms with van der Waals surface area (Å²) in [6.45, 7) is 0. The van der Waals surface area contributed by atoms with Crippen LogP contribution in [0, 0.1) is 0 Å². The van der Waals surface area contributed by atoms with E-state index in [1.807, 2.05) is 24.3 Å². The van der Waals surface area contributed by atoms with Crippen LogP contribution in [-0.2, 0) is 0 Å². The molecule has 0 amide bonds. The molecule has 0 aliphatic heterocycles. The fourth-order valence-corrected chi connectivity index (χ4v) is 4.28. The second-order valence-corrected chi connectivity index (χ2v) is 7.14. The molecule has 0 spiro atoms. The average molecular weight is 360 g/mol. The van der Waals surface area contributed by atoms with Crippen molar-refractivity contribution < 1.29 is 4.40 Å². The largest absolute Gasteiger partial charge is 0.354 e. The van der Waals surface area contributed by atoms with E-state index in [9.17, 15) is 0 Å². The molecule has 1 N–H and O–H groups in total. The highest BCUT2D eigenvalue weighted by atomic mass is 15.0. The number of hydrogen-bond acceptors (Lipinski definition) is 2. The molecule has 0 saturated carbocycles. The number of nitrogens with zero attached hydrogens (tertiary/aromatic N) is 4. The van der Waals surface area contributed by atoms with Crippen LogP contribution in [0.3, 0.4) is 0 Å². The van der Waals surface area contributed by atoms with Gasteiger partial charge in [-0.25, -0.2) is 4.98 Å². The highest BCUT2D eigenvalue weighted by Gasteiger charge is 2.19. The van der Waals surface area contributed by atoms with E-state index in [4.69, 9.17) is 9.97 Å². The minimum atomic E-state index is 0.954. The van der Waals surface area contributed by atoms with Gasteiger partial charge in [0.1, 0.15) is 5.65 Å². The van der Waals surface area contributed by atoms with Crippen molar-refractivity contribution in [3.8, 4) is 0 Å². The molecular formula is C23H14N5+. The highest BCUT2D eigenvalue weighted by molar-refractivity contribution is 6.05. The number of nitrogens with one attached hydrogen (secondary N) is 1. The average Bonchev–Trinajstić information content (AvgIpc) is 3.31. The molecule has 2 aromatic carbocycles. The Morgan fingerprint density at radius 3 is 2.57 bits per heavy atom. The van der Waals surface area contributed by atoms with Crippen LogP contribution in [-0.4, -0.2) is 19.4 Å². The summed E-state index contributed by atoms with van der Waals surface area (Å²) in [6, 6.07) is 22.9. The molecule has 7 rings (SSSR count). The smallest absolute Gasteiger partial charge is 0.338 e. The Balaban J connectivity index is 1.70. The molecule has 5 heteroatoms. The number of benzene rings is 2. The molecule has 130 valence electrons. The third kappa shape index (κ3) is 1.68. The first-order valence-electron chi connectivity index (χ1n) is 9.28. The monoisotopic (exact) mass is 360 g/mol. The summed E-state index contributed by atoms with van der Waals surface area (Å²) in [4.78, 5) is 13.4. The van der Waals surface area contributed by atoms with Gasteiger partial charge >= 0.3 is 5.65 Å². The van der Waals surface area contributed by atoms with Gasteiger partial charge in [-0.3, -0.25) is 4.40 Å². The van der Waals surface area contributed by atoms with Crippen LogP contribution in [0.5, 0.6) is 0 Å². The maximum absolute atomic E-state index is 4.89. The van der Waals surface area contributed by atoms with Crippen molar-refractivity contribution in [1.29, 1.82) is 0 Å². The van der Waals surface area contributed by atoms with E-state index in [1.165, 1.54) is 0 Å². The van der Waals surface area contributed by atoms with Crippen molar-refractivity contribution in [1.82, 2.24) is 19.4 Å². The third-order valence-corrected chi connectivity index (χ3v) is 5.59. The lowest BCUT2D eigenvalue weighted by molar-refractivity contribution is -0.479. The third-order valence-electron chi connectivity index (χ3n) is 5.59. The fourth-order valence-electron chi connectivity index (χ4n) is 4.28. The Kier molecular flexibility index (Phi) is 2.44. The number of H-pyrrole nitrogens is 1. The Morgan fingerprint density at radius 2 is 1.61 bits per heavy atom. The van der Waals surface area contributed by atoms with Gasteiger partial charge in [0.2, 0.25) is 5.52 Å². The number of aromatic amines is 1. The van der Waals surface area contributed by atoms with Crippen LogP contribution in [0.25, 0.3) is 55.2 Å². The Morgan fingerprint density at radius 1 is 0.786 bits per heavy atom. The number of para-hydroxylation sites is 4. The number of fused-ring (bicyclic) bond motifs is 10. The van der Waals surface area contributed by atoms with Crippen LogP contribution >= 0.6 is 0 Å². The van der Waals surface area contributed by atoms with Crippen LogP contribution in [0.15, 0.2) is 79.1 Å². The maximum Gasteiger partial charge on any atom is 0.338 e. The summed E-state index contributed by atoms with van der Waals surface area (Å²) in [5, 5.41) is 2.18. The van der Waals surface area contributed by atoms with Crippen LogP contribution < -0.4 is 4.40 Å². The minimum absolute atomic E-state index is 0.954. The Bertz CT molecular complexity index is 1600. The predicted octanol–water partition coefficient (Wildman–Crippen LogP) is 4.41. The standard InChI is InChI=1S/C23H13N5/c1-3-7-20-18(5-1)25-22-14-13-15-17(24-16(14)9-11-27(20)22)10-12-28-21-8-4-2-6-19(21)26-23(15)28/h1-13H/p+1. The molecule has 7 aromatic rings. The highest BCUT2D eigenvalue weighted by Crippen LogP contribution is 2.27. The molecule has 5 nitrogen and oxygen atoms in total. The summed E-state index contributed by atoms with van der Waals surface area (Å²) >= 11 is 0. The quantitative estimate of drug-likeness (QED) is 0.322. The Hall–Kier alpha value is -3.99. The zero-order valence-electron chi connectivity index (χ0n) is 14.8. The van der Waals surface area contributed by atoms with Crippen molar-refractivity contribution in [3.63, 3.8) is 0 Å². The number of aromatic nitrogens is 5. The van der Waals surface area contributed by atoms with Gasteiger partial charge in [0.15, 0.2) is 5.52 Å². The lowest BCUT2D eigenvalue weighted by atomic mass is 10.2. The van der Waals surface area contributed by atoms with Gasteiger partial charge in [-0.1, -0.05) is 24.3 Å². The van der Waals surface area contributed by atoms with E-state index in [-0.39, 0.29) is 0 Å². The summed E-state index contributed by atoms with van der Waals surface area (Å²) in [6.07, 6.45) is 4.16. The molecule has 5 aromatic heterocycles. The predicted molar refractivity (Wildman–Crippen MR) is 111 cm³/mol. The molecule has 0 unspecified atom stereocenters. The van der Waals surface area contributed by atoms with Crippen molar-refractivity contribution in [2.45, 2.75) is 0 Å². The van der Waals surface area contributed by atoms with Gasteiger partial charge in [-0.05, 0) is 41.4 Å².